The van der Waals surface area contributed by atoms with E-state index >= 15 is 0 Å². The zero-order valence-electron chi connectivity index (χ0n) is 13.1. The van der Waals surface area contributed by atoms with Gasteiger partial charge in [-0.05, 0) is 38.3 Å². The summed E-state index contributed by atoms with van der Waals surface area (Å²) in [4.78, 5) is 46.4. The Labute approximate surface area is 137 Å². The van der Waals surface area contributed by atoms with Crippen LogP contribution in [-0.2, 0) is 17.8 Å². The first-order valence-corrected chi connectivity index (χ1v) is 7.84. The Kier molecular flexibility index (Phi) is 3.23. The van der Waals surface area contributed by atoms with Crippen LogP contribution in [0.2, 0.25) is 0 Å². The molecule has 0 radical (unpaired) electrons. The maximum atomic E-state index is 12.5. The molecule has 0 aliphatic carbocycles. The predicted octanol–water partition coefficient (Wildman–Crippen LogP) is 1.90. The SMILES string of the molecule is Cc1nc(C(=O)ON2C(=O)c3ccccc3C2=O)c2n1CCCC2. The molecule has 2 aliphatic heterocycles. The van der Waals surface area contributed by atoms with Crippen molar-refractivity contribution in [2.24, 2.45) is 0 Å². The molecule has 1 aromatic heterocycles. The Bertz CT molecular complexity index is 849. The summed E-state index contributed by atoms with van der Waals surface area (Å²) in [6.07, 6.45) is 2.74. The molecule has 2 amide bonds. The van der Waals surface area contributed by atoms with Gasteiger partial charge in [-0.15, -0.1) is 0 Å². The van der Waals surface area contributed by atoms with E-state index in [1.165, 1.54) is 12.1 Å². The zero-order valence-corrected chi connectivity index (χ0v) is 13.1. The summed E-state index contributed by atoms with van der Waals surface area (Å²) in [7, 11) is 0. The van der Waals surface area contributed by atoms with Crippen molar-refractivity contribution in [3.63, 3.8) is 0 Å². The number of amides is 2. The number of hydroxylamine groups is 2. The molecule has 1 aromatic carbocycles. The van der Waals surface area contributed by atoms with E-state index in [1.807, 2.05) is 11.5 Å². The number of benzene rings is 1. The number of fused-ring (bicyclic) bond motifs is 2. The predicted molar refractivity (Wildman–Crippen MR) is 82.3 cm³/mol. The molecule has 2 aliphatic rings. The summed E-state index contributed by atoms with van der Waals surface area (Å²) in [6.45, 7) is 2.64. The summed E-state index contributed by atoms with van der Waals surface area (Å²) in [5, 5.41) is 0.525. The van der Waals surface area contributed by atoms with Crippen molar-refractivity contribution in [2.75, 3.05) is 0 Å². The largest absolute Gasteiger partial charge is 0.384 e. The summed E-state index contributed by atoms with van der Waals surface area (Å²) in [5.74, 6) is -1.30. The third-order valence-electron chi connectivity index (χ3n) is 4.43. The molecule has 2 aromatic rings. The van der Waals surface area contributed by atoms with Gasteiger partial charge in [0.25, 0.3) is 11.8 Å². The highest BCUT2D eigenvalue weighted by Gasteiger charge is 2.39. The van der Waals surface area contributed by atoms with Crippen LogP contribution >= 0.6 is 0 Å². The van der Waals surface area contributed by atoms with Crippen molar-refractivity contribution >= 4 is 17.8 Å². The molecule has 24 heavy (non-hydrogen) atoms. The zero-order chi connectivity index (χ0) is 16.8. The fourth-order valence-electron chi connectivity index (χ4n) is 3.26. The van der Waals surface area contributed by atoms with Crippen LogP contribution in [0, 0.1) is 6.92 Å². The van der Waals surface area contributed by atoms with Gasteiger partial charge in [-0.2, -0.15) is 0 Å². The Hall–Kier alpha value is -2.96. The average molecular weight is 325 g/mol. The lowest BCUT2D eigenvalue weighted by Crippen LogP contribution is -2.33. The molecular weight excluding hydrogens is 310 g/mol. The van der Waals surface area contributed by atoms with E-state index in [0.29, 0.717) is 5.06 Å². The second-order valence-corrected chi connectivity index (χ2v) is 5.89. The minimum absolute atomic E-state index is 0.184. The first-order valence-electron chi connectivity index (χ1n) is 7.84. The van der Waals surface area contributed by atoms with Gasteiger partial charge in [0.2, 0.25) is 0 Å². The smallest absolute Gasteiger partial charge is 0.331 e. The molecule has 0 N–H and O–H groups in total. The van der Waals surface area contributed by atoms with Gasteiger partial charge in [0.1, 0.15) is 5.82 Å². The van der Waals surface area contributed by atoms with E-state index in [2.05, 4.69) is 4.98 Å². The van der Waals surface area contributed by atoms with Gasteiger partial charge in [0.15, 0.2) is 5.69 Å². The molecule has 0 unspecified atom stereocenters. The van der Waals surface area contributed by atoms with E-state index in [-0.39, 0.29) is 16.8 Å². The molecule has 4 rings (SSSR count). The van der Waals surface area contributed by atoms with Crippen LogP contribution in [0.4, 0.5) is 0 Å². The monoisotopic (exact) mass is 325 g/mol. The Morgan fingerprint density at radius 3 is 2.46 bits per heavy atom. The molecule has 7 heteroatoms. The maximum Gasteiger partial charge on any atom is 0.384 e. The third-order valence-corrected chi connectivity index (χ3v) is 4.43. The van der Waals surface area contributed by atoms with Crippen molar-refractivity contribution in [1.29, 1.82) is 0 Å². The number of imidazole rings is 1. The Balaban J connectivity index is 1.62. The molecule has 0 atom stereocenters. The number of aromatic nitrogens is 2. The molecule has 0 saturated carbocycles. The number of rotatable bonds is 2. The highest BCUT2D eigenvalue weighted by atomic mass is 16.7. The van der Waals surface area contributed by atoms with E-state index in [1.54, 1.807) is 12.1 Å². The quantitative estimate of drug-likeness (QED) is 0.788. The van der Waals surface area contributed by atoms with Crippen LogP contribution in [0.1, 0.15) is 55.6 Å². The van der Waals surface area contributed by atoms with Gasteiger partial charge in [-0.25, -0.2) is 9.78 Å². The minimum Gasteiger partial charge on any atom is -0.331 e. The van der Waals surface area contributed by atoms with Crippen molar-refractivity contribution in [1.82, 2.24) is 14.6 Å². The fourth-order valence-corrected chi connectivity index (χ4v) is 3.26. The molecule has 0 saturated heterocycles. The molecule has 0 bridgehead atoms. The summed E-state index contributed by atoms with van der Waals surface area (Å²) >= 11 is 0. The lowest BCUT2D eigenvalue weighted by Gasteiger charge is -2.16. The van der Waals surface area contributed by atoms with Gasteiger partial charge < -0.3 is 9.40 Å². The summed E-state index contributed by atoms with van der Waals surface area (Å²) in [5.41, 5.74) is 1.46. The average Bonchev–Trinajstić information content (AvgIpc) is 3.06. The van der Waals surface area contributed by atoms with Gasteiger partial charge in [0, 0.05) is 6.54 Å². The molecule has 0 fully saturated rings. The molecule has 0 spiro atoms. The van der Waals surface area contributed by atoms with E-state index in [0.717, 1.165) is 37.3 Å². The van der Waals surface area contributed by atoms with Crippen LogP contribution < -0.4 is 0 Å². The van der Waals surface area contributed by atoms with Crippen LogP contribution in [0.3, 0.4) is 0 Å². The van der Waals surface area contributed by atoms with Crippen LogP contribution in [0.25, 0.3) is 0 Å². The Morgan fingerprint density at radius 1 is 1.12 bits per heavy atom. The third kappa shape index (κ3) is 2.05. The first kappa shape index (κ1) is 14.6. The number of hydrogen-bond donors (Lipinski definition) is 0. The second kappa shape index (κ2) is 5.30. The van der Waals surface area contributed by atoms with Crippen LogP contribution in [0.15, 0.2) is 24.3 Å². The fraction of sp³-hybridized carbons (Fsp3) is 0.294. The number of carbonyl (C=O) groups excluding carboxylic acids is 3. The van der Waals surface area contributed by atoms with Gasteiger partial charge in [-0.3, -0.25) is 9.59 Å². The van der Waals surface area contributed by atoms with E-state index < -0.39 is 17.8 Å². The highest BCUT2D eigenvalue weighted by molar-refractivity contribution is 6.21. The minimum atomic E-state index is -0.775. The molecule has 7 nitrogen and oxygen atoms in total. The lowest BCUT2D eigenvalue weighted by molar-refractivity contribution is -0.0589. The van der Waals surface area contributed by atoms with E-state index in [9.17, 15) is 14.4 Å². The Morgan fingerprint density at radius 2 is 1.79 bits per heavy atom. The van der Waals surface area contributed by atoms with Crippen LogP contribution in [0.5, 0.6) is 0 Å². The number of aryl methyl sites for hydroxylation is 1. The molecular formula is C17H15N3O4. The highest BCUT2D eigenvalue weighted by Crippen LogP contribution is 2.25. The van der Waals surface area contributed by atoms with Crippen molar-refractivity contribution in [2.45, 2.75) is 32.7 Å². The van der Waals surface area contributed by atoms with Gasteiger partial charge in [0.05, 0.1) is 16.8 Å². The number of carbonyl (C=O) groups is 3. The molecule has 3 heterocycles. The van der Waals surface area contributed by atoms with E-state index in [4.69, 9.17) is 4.84 Å². The number of nitrogens with zero attached hydrogens (tertiary/aromatic N) is 3. The number of hydrogen-bond acceptors (Lipinski definition) is 5. The molecule has 122 valence electrons. The first-order chi connectivity index (χ1) is 11.6. The topological polar surface area (TPSA) is 81.5 Å². The number of imide groups is 1. The van der Waals surface area contributed by atoms with Gasteiger partial charge >= 0.3 is 5.97 Å². The maximum absolute atomic E-state index is 12.5. The van der Waals surface area contributed by atoms with Crippen molar-refractivity contribution < 1.29 is 19.2 Å². The lowest BCUT2D eigenvalue weighted by atomic mass is 10.1. The van der Waals surface area contributed by atoms with Crippen molar-refractivity contribution in [3.8, 4) is 0 Å². The summed E-state index contributed by atoms with van der Waals surface area (Å²) < 4.78 is 1.99. The second-order valence-electron chi connectivity index (χ2n) is 5.89. The summed E-state index contributed by atoms with van der Waals surface area (Å²) in [6, 6.07) is 6.38. The standard InChI is InChI=1S/C17H15N3O4/c1-10-18-14(13-8-4-5-9-19(10)13)17(23)24-20-15(21)11-6-2-3-7-12(11)16(20)22/h2-3,6-7H,4-5,8-9H2,1H3. The van der Waals surface area contributed by atoms with Crippen LogP contribution in [-0.4, -0.2) is 32.4 Å². The van der Waals surface area contributed by atoms with Gasteiger partial charge in [-0.1, -0.05) is 17.2 Å². The van der Waals surface area contributed by atoms with Crippen molar-refractivity contribution in [3.05, 3.63) is 52.6 Å². The normalized spacial score (nSPS) is 16.1.